The molecule has 5 rings (SSSR count). The van der Waals surface area contributed by atoms with Crippen molar-refractivity contribution in [1.29, 1.82) is 0 Å². The second kappa shape index (κ2) is 6.86. The molecule has 0 saturated carbocycles. The van der Waals surface area contributed by atoms with Gasteiger partial charge in [-0.3, -0.25) is 0 Å². The molecule has 0 saturated heterocycles. The van der Waals surface area contributed by atoms with Crippen LogP contribution in [0.5, 0.6) is 0 Å². The molecule has 0 fully saturated rings. The van der Waals surface area contributed by atoms with Gasteiger partial charge in [-0.25, -0.2) is 0 Å². The monoisotopic (exact) mass is 359 g/mol. The minimum atomic E-state index is 1.19. The van der Waals surface area contributed by atoms with Crippen LogP contribution in [-0.4, -0.2) is 7.05 Å². The van der Waals surface area contributed by atoms with E-state index in [1.807, 2.05) is 0 Å². The average Bonchev–Trinajstić information content (AvgIpc) is 2.78. The quantitative estimate of drug-likeness (QED) is 0.324. The van der Waals surface area contributed by atoms with Crippen molar-refractivity contribution < 1.29 is 0 Å². The van der Waals surface area contributed by atoms with Crippen LogP contribution in [0, 0.1) is 0 Å². The molecule has 0 aliphatic heterocycles. The van der Waals surface area contributed by atoms with Crippen molar-refractivity contribution in [3.8, 4) is 11.1 Å². The Morgan fingerprint density at radius 3 is 2.07 bits per heavy atom. The third-order valence-electron chi connectivity index (χ3n) is 5.47. The SMILES string of the molecule is CN(c1ccc2cccc(-c3ccccc3)c2c1)c1cccc2ccccc12. The minimum Gasteiger partial charge on any atom is -0.344 e. The summed E-state index contributed by atoms with van der Waals surface area (Å²) in [7, 11) is 2.15. The van der Waals surface area contributed by atoms with Gasteiger partial charge in [0.15, 0.2) is 0 Å². The molecule has 0 unspecified atom stereocenters. The Labute approximate surface area is 165 Å². The molecule has 0 heterocycles. The van der Waals surface area contributed by atoms with Gasteiger partial charge in [-0.1, -0.05) is 91.0 Å². The van der Waals surface area contributed by atoms with Gasteiger partial charge in [0.2, 0.25) is 0 Å². The van der Waals surface area contributed by atoms with Crippen LogP contribution in [0.15, 0.2) is 109 Å². The lowest BCUT2D eigenvalue weighted by molar-refractivity contribution is 1.23. The van der Waals surface area contributed by atoms with E-state index in [2.05, 4.69) is 121 Å². The van der Waals surface area contributed by atoms with Crippen molar-refractivity contribution in [3.63, 3.8) is 0 Å². The molecule has 1 nitrogen and oxygen atoms in total. The van der Waals surface area contributed by atoms with Crippen LogP contribution in [0.3, 0.4) is 0 Å². The molecule has 0 atom stereocenters. The zero-order valence-electron chi connectivity index (χ0n) is 15.8. The summed E-state index contributed by atoms with van der Waals surface area (Å²) in [6, 6.07) is 38.9. The summed E-state index contributed by atoms with van der Waals surface area (Å²) >= 11 is 0. The van der Waals surface area contributed by atoms with E-state index >= 15 is 0 Å². The van der Waals surface area contributed by atoms with Gasteiger partial charge in [0.25, 0.3) is 0 Å². The Kier molecular flexibility index (Phi) is 4.06. The lowest BCUT2D eigenvalue weighted by Crippen LogP contribution is -2.09. The highest BCUT2D eigenvalue weighted by Crippen LogP contribution is 2.35. The van der Waals surface area contributed by atoms with E-state index in [1.54, 1.807) is 0 Å². The molecule has 1 heteroatoms. The first-order valence-electron chi connectivity index (χ1n) is 9.61. The van der Waals surface area contributed by atoms with Gasteiger partial charge in [-0.15, -0.1) is 0 Å². The first-order valence-corrected chi connectivity index (χ1v) is 9.61. The summed E-state index contributed by atoms with van der Waals surface area (Å²) in [5, 5.41) is 5.07. The van der Waals surface area contributed by atoms with E-state index in [4.69, 9.17) is 0 Å². The molecular formula is C27H21N. The van der Waals surface area contributed by atoms with Gasteiger partial charge in [-0.05, 0) is 45.5 Å². The molecule has 0 radical (unpaired) electrons. The van der Waals surface area contributed by atoms with Gasteiger partial charge in [0, 0.05) is 23.8 Å². The van der Waals surface area contributed by atoms with Crippen LogP contribution in [0.4, 0.5) is 11.4 Å². The number of benzene rings is 5. The molecule has 0 aliphatic carbocycles. The highest BCUT2D eigenvalue weighted by Gasteiger charge is 2.10. The summed E-state index contributed by atoms with van der Waals surface area (Å²) in [4.78, 5) is 2.28. The molecule has 28 heavy (non-hydrogen) atoms. The molecular weight excluding hydrogens is 338 g/mol. The lowest BCUT2D eigenvalue weighted by atomic mass is 9.97. The van der Waals surface area contributed by atoms with Crippen LogP contribution in [0.1, 0.15) is 0 Å². The summed E-state index contributed by atoms with van der Waals surface area (Å²) in [6.45, 7) is 0. The second-order valence-electron chi connectivity index (χ2n) is 7.13. The third kappa shape index (κ3) is 2.82. The topological polar surface area (TPSA) is 3.24 Å². The van der Waals surface area contributed by atoms with Crippen molar-refractivity contribution in [2.24, 2.45) is 0 Å². The Morgan fingerprint density at radius 1 is 0.536 bits per heavy atom. The molecule has 0 aromatic heterocycles. The van der Waals surface area contributed by atoms with Crippen LogP contribution in [0.2, 0.25) is 0 Å². The fraction of sp³-hybridized carbons (Fsp3) is 0.0370. The molecule has 134 valence electrons. The standard InChI is InChI=1S/C27H21N/c1-28(27-16-8-13-21-11-5-6-14-25(21)27)23-18-17-22-12-7-15-24(26(22)19-23)20-9-3-2-4-10-20/h2-19H,1H3. The van der Waals surface area contributed by atoms with Crippen LogP contribution < -0.4 is 4.90 Å². The number of hydrogen-bond acceptors (Lipinski definition) is 1. The van der Waals surface area contributed by atoms with Crippen molar-refractivity contribution in [2.45, 2.75) is 0 Å². The molecule has 0 aliphatic rings. The summed E-state index contributed by atoms with van der Waals surface area (Å²) < 4.78 is 0. The predicted octanol–water partition coefficient (Wildman–Crippen LogP) is 7.43. The third-order valence-corrected chi connectivity index (χ3v) is 5.47. The zero-order chi connectivity index (χ0) is 18.9. The van der Waals surface area contributed by atoms with Gasteiger partial charge in [0.1, 0.15) is 0 Å². The van der Waals surface area contributed by atoms with Gasteiger partial charge in [0.05, 0.1) is 0 Å². The number of anilines is 2. The smallest absolute Gasteiger partial charge is 0.0487 e. The highest BCUT2D eigenvalue weighted by molar-refractivity contribution is 6.00. The number of nitrogens with zero attached hydrogens (tertiary/aromatic N) is 1. The van der Waals surface area contributed by atoms with E-state index in [-0.39, 0.29) is 0 Å². The normalized spacial score (nSPS) is 11.0. The molecule has 0 bridgehead atoms. The first-order chi connectivity index (χ1) is 13.8. The van der Waals surface area contributed by atoms with Gasteiger partial charge in [-0.2, -0.15) is 0 Å². The van der Waals surface area contributed by atoms with Crippen molar-refractivity contribution in [2.75, 3.05) is 11.9 Å². The fourth-order valence-electron chi connectivity index (χ4n) is 3.98. The Morgan fingerprint density at radius 2 is 1.21 bits per heavy atom. The van der Waals surface area contributed by atoms with Crippen LogP contribution >= 0.6 is 0 Å². The second-order valence-corrected chi connectivity index (χ2v) is 7.13. The lowest BCUT2D eigenvalue weighted by Gasteiger charge is -2.22. The van der Waals surface area contributed by atoms with E-state index in [9.17, 15) is 0 Å². The summed E-state index contributed by atoms with van der Waals surface area (Å²) in [5.74, 6) is 0. The van der Waals surface area contributed by atoms with Crippen molar-refractivity contribution >= 4 is 32.9 Å². The van der Waals surface area contributed by atoms with E-state index in [1.165, 1.54) is 44.0 Å². The number of fused-ring (bicyclic) bond motifs is 2. The maximum Gasteiger partial charge on any atom is 0.0487 e. The maximum absolute atomic E-state index is 2.30. The van der Waals surface area contributed by atoms with E-state index in [0.717, 1.165) is 0 Å². The molecule has 0 spiro atoms. The van der Waals surface area contributed by atoms with Crippen molar-refractivity contribution in [3.05, 3.63) is 109 Å². The number of rotatable bonds is 3. The van der Waals surface area contributed by atoms with E-state index in [0.29, 0.717) is 0 Å². The average molecular weight is 359 g/mol. The van der Waals surface area contributed by atoms with Crippen molar-refractivity contribution in [1.82, 2.24) is 0 Å². The highest BCUT2D eigenvalue weighted by atomic mass is 15.1. The minimum absolute atomic E-state index is 1.19. The Balaban J connectivity index is 1.67. The summed E-state index contributed by atoms with van der Waals surface area (Å²) in [5.41, 5.74) is 4.92. The van der Waals surface area contributed by atoms with Gasteiger partial charge < -0.3 is 4.90 Å². The number of hydrogen-bond donors (Lipinski definition) is 0. The van der Waals surface area contributed by atoms with E-state index < -0.39 is 0 Å². The Bertz CT molecular complexity index is 1270. The maximum atomic E-state index is 2.30. The fourth-order valence-corrected chi connectivity index (χ4v) is 3.98. The Hall–Kier alpha value is -3.58. The molecule has 0 N–H and O–H groups in total. The van der Waals surface area contributed by atoms with Gasteiger partial charge >= 0.3 is 0 Å². The summed E-state index contributed by atoms with van der Waals surface area (Å²) in [6.07, 6.45) is 0. The molecule has 5 aromatic rings. The zero-order valence-corrected chi connectivity index (χ0v) is 15.8. The molecule has 5 aromatic carbocycles. The predicted molar refractivity (Wildman–Crippen MR) is 121 cm³/mol. The first kappa shape index (κ1) is 16.6. The molecule has 0 amide bonds. The van der Waals surface area contributed by atoms with Crippen LogP contribution in [-0.2, 0) is 0 Å². The van der Waals surface area contributed by atoms with Crippen LogP contribution in [0.25, 0.3) is 32.7 Å². The largest absolute Gasteiger partial charge is 0.344 e.